The van der Waals surface area contributed by atoms with Crippen LogP contribution in [-0.2, 0) is 6.42 Å². The second-order valence-electron chi connectivity index (χ2n) is 4.17. The summed E-state index contributed by atoms with van der Waals surface area (Å²) in [6, 6.07) is 0.398. The minimum Gasteiger partial charge on any atom is -0.357 e. The summed E-state index contributed by atoms with van der Waals surface area (Å²) in [6.07, 6.45) is 2.83. The van der Waals surface area contributed by atoms with Gasteiger partial charge in [0.15, 0.2) is 5.96 Å². The zero-order chi connectivity index (χ0) is 12.7. The van der Waals surface area contributed by atoms with Crippen molar-refractivity contribution in [1.29, 1.82) is 0 Å². The van der Waals surface area contributed by atoms with Crippen LogP contribution in [0.2, 0.25) is 0 Å². The fourth-order valence-electron chi connectivity index (χ4n) is 1.37. The zero-order valence-electron chi connectivity index (χ0n) is 11.1. The number of nitrogens with zero attached hydrogens (tertiary/aromatic N) is 2. The first kappa shape index (κ1) is 14.0. The lowest BCUT2D eigenvalue weighted by molar-refractivity contribution is 0.700. The lowest BCUT2D eigenvalue weighted by Crippen LogP contribution is -2.41. The molecule has 0 unspecified atom stereocenters. The van der Waals surface area contributed by atoms with Crippen LogP contribution in [0.3, 0.4) is 0 Å². The van der Waals surface area contributed by atoms with Crippen LogP contribution in [0.15, 0.2) is 11.2 Å². The summed E-state index contributed by atoms with van der Waals surface area (Å²) in [5.74, 6) is 0.885. The number of aromatic nitrogens is 1. The monoisotopic (exact) mass is 254 g/mol. The van der Waals surface area contributed by atoms with Gasteiger partial charge in [0.1, 0.15) is 0 Å². The van der Waals surface area contributed by atoms with Gasteiger partial charge in [-0.05, 0) is 27.7 Å². The predicted octanol–water partition coefficient (Wildman–Crippen LogP) is 1.96. The number of rotatable bonds is 5. The van der Waals surface area contributed by atoms with Gasteiger partial charge in [0, 0.05) is 36.6 Å². The summed E-state index contributed by atoms with van der Waals surface area (Å²) in [5, 5.41) is 7.68. The van der Waals surface area contributed by atoms with Crippen LogP contribution < -0.4 is 10.6 Å². The van der Waals surface area contributed by atoms with Crippen molar-refractivity contribution >= 4 is 17.3 Å². The first-order chi connectivity index (χ1) is 8.11. The standard InChI is InChI=1S/C12H22N4S/c1-5-13-12(16-9(2)3)14-7-6-11-15-8-10(4)17-11/h8-9H,5-7H2,1-4H3,(H2,13,14,16). The number of aliphatic imine (C=N–C) groups is 1. The average Bonchev–Trinajstić information content (AvgIpc) is 2.63. The Kier molecular flexibility index (Phi) is 5.97. The molecular weight excluding hydrogens is 232 g/mol. The van der Waals surface area contributed by atoms with Gasteiger partial charge in [0.2, 0.25) is 0 Å². The average molecular weight is 254 g/mol. The normalized spacial score (nSPS) is 11.9. The molecule has 1 aromatic heterocycles. The van der Waals surface area contributed by atoms with E-state index in [9.17, 15) is 0 Å². The Bertz CT molecular complexity index is 357. The molecule has 1 heterocycles. The molecule has 4 nitrogen and oxygen atoms in total. The third-order valence-corrected chi connectivity index (χ3v) is 3.01. The first-order valence-corrected chi connectivity index (χ1v) is 6.89. The van der Waals surface area contributed by atoms with Gasteiger partial charge in [-0.25, -0.2) is 4.98 Å². The highest BCUT2D eigenvalue weighted by molar-refractivity contribution is 7.11. The van der Waals surface area contributed by atoms with Gasteiger partial charge in [-0.15, -0.1) is 11.3 Å². The van der Waals surface area contributed by atoms with Gasteiger partial charge >= 0.3 is 0 Å². The molecule has 17 heavy (non-hydrogen) atoms. The zero-order valence-corrected chi connectivity index (χ0v) is 11.9. The minimum atomic E-state index is 0.398. The molecule has 0 amide bonds. The molecular formula is C12H22N4S. The highest BCUT2D eigenvalue weighted by Gasteiger charge is 2.01. The molecule has 0 aliphatic rings. The van der Waals surface area contributed by atoms with Gasteiger partial charge in [-0.3, -0.25) is 4.99 Å². The molecule has 5 heteroatoms. The van der Waals surface area contributed by atoms with Crippen molar-refractivity contribution in [2.75, 3.05) is 13.1 Å². The largest absolute Gasteiger partial charge is 0.357 e. The number of thiazole rings is 1. The Morgan fingerprint density at radius 3 is 2.82 bits per heavy atom. The molecule has 0 radical (unpaired) electrons. The summed E-state index contributed by atoms with van der Waals surface area (Å²) in [5.41, 5.74) is 0. The highest BCUT2D eigenvalue weighted by atomic mass is 32.1. The molecule has 1 aromatic rings. The Morgan fingerprint density at radius 2 is 2.29 bits per heavy atom. The quantitative estimate of drug-likeness (QED) is 0.624. The lowest BCUT2D eigenvalue weighted by Gasteiger charge is -2.13. The molecule has 1 rings (SSSR count). The van der Waals surface area contributed by atoms with Crippen molar-refractivity contribution in [3.8, 4) is 0 Å². The van der Waals surface area contributed by atoms with Crippen molar-refractivity contribution in [3.63, 3.8) is 0 Å². The Hall–Kier alpha value is -1.10. The smallest absolute Gasteiger partial charge is 0.191 e. The van der Waals surface area contributed by atoms with Crippen LogP contribution in [0.1, 0.15) is 30.7 Å². The van der Waals surface area contributed by atoms with Crippen molar-refractivity contribution in [3.05, 3.63) is 16.1 Å². The molecule has 0 aromatic carbocycles. The van der Waals surface area contributed by atoms with Gasteiger partial charge < -0.3 is 10.6 Å². The number of hydrogen-bond acceptors (Lipinski definition) is 3. The topological polar surface area (TPSA) is 49.3 Å². The van der Waals surface area contributed by atoms with Gasteiger partial charge in [-0.1, -0.05) is 0 Å². The minimum absolute atomic E-state index is 0.398. The van der Waals surface area contributed by atoms with E-state index in [0.717, 1.165) is 30.5 Å². The molecule has 0 fully saturated rings. The van der Waals surface area contributed by atoms with E-state index in [0.29, 0.717) is 6.04 Å². The summed E-state index contributed by atoms with van der Waals surface area (Å²) in [7, 11) is 0. The van der Waals surface area contributed by atoms with E-state index in [1.165, 1.54) is 4.88 Å². The van der Waals surface area contributed by atoms with E-state index in [-0.39, 0.29) is 0 Å². The van der Waals surface area contributed by atoms with Crippen molar-refractivity contribution in [2.45, 2.75) is 40.2 Å². The summed E-state index contributed by atoms with van der Waals surface area (Å²) < 4.78 is 0. The third kappa shape index (κ3) is 5.68. The van der Waals surface area contributed by atoms with Crippen molar-refractivity contribution < 1.29 is 0 Å². The Labute approximate surface area is 108 Å². The SMILES string of the molecule is CCNC(=NCCc1ncc(C)s1)NC(C)C. The molecule has 0 bridgehead atoms. The Morgan fingerprint density at radius 1 is 1.53 bits per heavy atom. The highest BCUT2D eigenvalue weighted by Crippen LogP contribution is 2.11. The van der Waals surface area contributed by atoms with Crippen LogP contribution in [0.25, 0.3) is 0 Å². The maximum Gasteiger partial charge on any atom is 0.191 e. The summed E-state index contributed by atoms with van der Waals surface area (Å²) >= 11 is 1.75. The fraction of sp³-hybridized carbons (Fsp3) is 0.667. The number of hydrogen-bond donors (Lipinski definition) is 2. The molecule has 2 N–H and O–H groups in total. The molecule has 0 spiro atoms. The van der Waals surface area contributed by atoms with E-state index in [4.69, 9.17) is 0 Å². The van der Waals surface area contributed by atoms with Gasteiger partial charge in [0.05, 0.1) is 5.01 Å². The van der Waals surface area contributed by atoms with E-state index in [1.54, 1.807) is 11.3 Å². The Balaban J connectivity index is 2.42. The van der Waals surface area contributed by atoms with Gasteiger partial charge in [0.25, 0.3) is 0 Å². The van der Waals surface area contributed by atoms with E-state index < -0.39 is 0 Å². The van der Waals surface area contributed by atoms with E-state index in [1.807, 2.05) is 6.20 Å². The number of aryl methyl sites for hydroxylation is 1. The molecule has 96 valence electrons. The molecule has 0 saturated carbocycles. The van der Waals surface area contributed by atoms with Crippen molar-refractivity contribution in [2.24, 2.45) is 4.99 Å². The predicted molar refractivity (Wildman–Crippen MR) is 74.8 cm³/mol. The molecule has 0 aliphatic carbocycles. The molecule has 0 atom stereocenters. The fourth-order valence-corrected chi connectivity index (χ4v) is 2.15. The van der Waals surface area contributed by atoms with Crippen molar-refractivity contribution in [1.82, 2.24) is 15.6 Å². The van der Waals surface area contributed by atoms with Crippen LogP contribution in [0.4, 0.5) is 0 Å². The molecule has 0 saturated heterocycles. The van der Waals surface area contributed by atoms with Crippen LogP contribution in [-0.4, -0.2) is 30.1 Å². The van der Waals surface area contributed by atoms with Crippen LogP contribution in [0.5, 0.6) is 0 Å². The van der Waals surface area contributed by atoms with E-state index in [2.05, 4.69) is 48.3 Å². The lowest BCUT2D eigenvalue weighted by atomic mass is 10.4. The van der Waals surface area contributed by atoms with Crippen LogP contribution >= 0.6 is 11.3 Å². The maximum absolute atomic E-state index is 4.52. The third-order valence-electron chi connectivity index (χ3n) is 2.03. The first-order valence-electron chi connectivity index (χ1n) is 6.08. The maximum atomic E-state index is 4.52. The van der Waals surface area contributed by atoms with Gasteiger partial charge in [-0.2, -0.15) is 0 Å². The molecule has 0 aliphatic heterocycles. The van der Waals surface area contributed by atoms with E-state index >= 15 is 0 Å². The number of nitrogens with one attached hydrogen (secondary N) is 2. The number of guanidine groups is 1. The van der Waals surface area contributed by atoms with Crippen LogP contribution in [0, 0.1) is 6.92 Å². The second kappa shape index (κ2) is 7.27. The summed E-state index contributed by atoms with van der Waals surface area (Å²) in [4.78, 5) is 10.1. The second-order valence-corrected chi connectivity index (χ2v) is 5.49. The summed E-state index contributed by atoms with van der Waals surface area (Å²) in [6.45, 7) is 10.0.